The van der Waals surface area contributed by atoms with Gasteiger partial charge in [-0.2, -0.15) is 8.78 Å². The Labute approximate surface area is 80.7 Å². The normalized spacial score (nSPS) is 26.6. The number of hydrogen-bond donors (Lipinski definition) is 0. The summed E-state index contributed by atoms with van der Waals surface area (Å²) in [6.07, 6.45) is -2.52. The Bertz CT molecular complexity index is 278. The van der Waals surface area contributed by atoms with Gasteiger partial charge in [0, 0.05) is 0 Å². The maximum absolute atomic E-state index is 12.0. The van der Waals surface area contributed by atoms with E-state index in [2.05, 4.69) is 0 Å². The molecule has 80 valence electrons. The van der Waals surface area contributed by atoms with Crippen LogP contribution in [0.2, 0.25) is 0 Å². The van der Waals surface area contributed by atoms with Crippen molar-refractivity contribution in [1.82, 2.24) is 0 Å². The molecule has 0 radical (unpaired) electrons. The van der Waals surface area contributed by atoms with Crippen molar-refractivity contribution in [3.8, 4) is 0 Å². The van der Waals surface area contributed by atoms with Gasteiger partial charge in [-0.15, -0.1) is 0 Å². The molecule has 0 aromatic heterocycles. The first-order valence-electron chi connectivity index (χ1n) is 4.23. The summed E-state index contributed by atoms with van der Waals surface area (Å²) in [6, 6.07) is 0. The lowest BCUT2D eigenvalue weighted by atomic mass is 10.1. The Morgan fingerprint density at radius 1 is 1.57 bits per heavy atom. The Morgan fingerprint density at radius 2 is 2.07 bits per heavy atom. The molecule has 14 heavy (non-hydrogen) atoms. The molecule has 1 saturated heterocycles. The van der Waals surface area contributed by atoms with Crippen molar-refractivity contribution in [3.05, 3.63) is 11.7 Å². The van der Waals surface area contributed by atoms with Crippen LogP contribution in [-0.4, -0.2) is 24.3 Å². The maximum Gasteiger partial charge on any atom is 0.339 e. The Kier molecular flexibility index (Phi) is 2.89. The SMILES string of the molecule is CC(C(=O)OC(C)C1(C)CO1)=C(F)F. The van der Waals surface area contributed by atoms with Crippen LogP contribution in [0.25, 0.3) is 0 Å². The van der Waals surface area contributed by atoms with Crippen LogP contribution in [0.1, 0.15) is 20.8 Å². The predicted octanol–water partition coefficient (Wildman–Crippen LogP) is 1.88. The van der Waals surface area contributed by atoms with Gasteiger partial charge < -0.3 is 9.47 Å². The minimum atomic E-state index is -2.01. The summed E-state index contributed by atoms with van der Waals surface area (Å²) in [6.45, 7) is 4.90. The van der Waals surface area contributed by atoms with Crippen LogP contribution in [0.15, 0.2) is 11.7 Å². The Morgan fingerprint density at radius 3 is 2.43 bits per heavy atom. The first kappa shape index (κ1) is 11.1. The second-order valence-electron chi connectivity index (χ2n) is 3.53. The molecule has 0 aliphatic carbocycles. The number of hydrogen-bond acceptors (Lipinski definition) is 3. The van der Waals surface area contributed by atoms with E-state index in [0.717, 1.165) is 6.92 Å². The van der Waals surface area contributed by atoms with Gasteiger partial charge in [-0.05, 0) is 20.8 Å². The summed E-state index contributed by atoms with van der Waals surface area (Å²) in [5, 5.41) is 0. The zero-order chi connectivity index (χ0) is 10.9. The highest BCUT2D eigenvalue weighted by atomic mass is 19.3. The summed E-state index contributed by atoms with van der Waals surface area (Å²) >= 11 is 0. The highest BCUT2D eigenvalue weighted by Crippen LogP contribution is 2.32. The lowest BCUT2D eigenvalue weighted by molar-refractivity contribution is -0.146. The van der Waals surface area contributed by atoms with E-state index >= 15 is 0 Å². The van der Waals surface area contributed by atoms with Crippen molar-refractivity contribution in [2.24, 2.45) is 0 Å². The van der Waals surface area contributed by atoms with Crippen molar-refractivity contribution < 1.29 is 23.0 Å². The van der Waals surface area contributed by atoms with Crippen molar-refractivity contribution >= 4 is 5.97 Å². The van der Waals surface area contributed by atoms with E-state index in [4.69, 9.17) is 9.47 Å². The van der Waals surface area contributed by atoms with E-state index in [0.29, 0.717) is 6.61 Å². The molecule has 1 heterocycles. The zero-order valence-corrected chi connectivity index (χ0v) is 8.27. The Balaban J connectivity index is 2.53. The van der Waals surface area contributed by atoms with E-state index in [-0.39, 0.29) is 0 Å². The standard InChI is InChI=1S/C9H12F2O3/c1-5(7(10)11)8(12)14-6(2)9(3)4-13-9/h6H,4H2,1-3H3. The minimum Gasteiger partial charge on any atom is -0.456 e. The van der Waals surface area contributed by atoms with Crippen LogP contribution in [0, 0.1) is 0 Å². The highest BCUT2D eigenvalue weighted by molar-refractivity contribution is 5.88. The fourth-order valence-electron chi connectivity index (χ4n) is 0.799. The molecule has 5 heteroatoms. The van der Waals surface area contributed by atoms with Gasteiger partial charge in [0.2, 0.25) is 0 Å². The molecule has 2 atom stereocenters. The number of halogens is 2. The molecule has 0 aromatic rings. The molecule has 0 saturated carbocycles. The van der Waals surface area contributed by atoms with Crippen LogP contribution in [0.4, 0.5) is 8.78 Å². The van der Waals surface area contributed by atoms with Crippen LogP contribution in [0.5, 0.6) is 0 Å². The predicted molar refractivity (Wildman–Crippen MR) is 44.8 cm³/mol. The van der Waals surface area contributed by atoms with Crippen LogP contribution >= 0.6 is 0 Å². The molecule has 1 rings (SSSR count). The number of esters is 1. The van der Waals surface area contributed by atoms with Crippen molar-refractivity contribution in [3.63, 3.8) is 0 Å². The molecule has 0 bridgehead atoms. The van der Waals surface area contributed by atoms with Gasteiger partial charge in [0.1, 0.15) is 11.7 Å². The summed E-state index contributed by atoms with van der Waals surface area (Å²) < 4.78 is 33.8. The molecule has 1 fully saturated rings. The number of ether oxygens (including phenoxy) is 2. The first-order valence-corrected chi connectivity index (χ1v) is 4.23. The highest BCUT2D eigenvalue weighted by Gasteiger charge is 2.47. The molecule has 0 spiro atoms. The number of carbonyl (C=O) groups is 1. The molecule has 0 amide bonds. The van der Waals surface area contributed by atoms with Crippen molar-refractivity contribution in [2.75, 3.05) is 6.61 Å². The fraction of sp³-hybridized carbons (Fsp3) is 0.667. The molecule has 0 N–H and O–H groups in total. The molecular formula is C9H12F2O3. The van der Waals surface area contributed by atoms with Crippen LogP contribution in [0.3, 0.4) is 0 Å². The molecule has 2 unspecified atom stereocenters. The molecule has 1 aliphatic heterocycles. The van der Waals surface area contributed by atoms with E-state index in [9.17, 15) is 13.6 Å². The van der Waals surface area contributed by atoms with Gasteiger partial charge in [0.05, 0.1) is 12.2 Å². The average molecular weight is 206 g/mol. The van der Waals surface area contributed by atoms with Crippen molar-refractivity contribution in [2.45, 2.75) is 32.5 Å². The fourth-order valence-corrected chi connectivity index (χ4v) is 0.799. The molecule has 0 aromatic carbocycles. The monoisotopic (exact) mass is 206 g/mol. The molecule has 1 aliphatic rings. The van der Waals surface area contributed by atoms with E-state index < -0.39 is 29.3 Å². The third-order valence-electron chi connectivity index (χ3n) is 2.33. The lowest BCUT2D eigenvalue weighted by Gasteiger charge is -2.16. The average Bonchev–Trinajstić information content (AvgIpc) is 2.83. The topological polar surface area (TPSA) is 38.8 Å². The van der Waals surface area contributed by atoms with Gasteiger partial charge in [0.15, 0.2) is 0 Å². The van der Waals surface area contributed by atoms with Gasteiger partial charge in [0.25, 0.3) is 6.08 Å². The van der Waals surface area contributed by atoms with Crippen LogP contribution < -0.4 is 0 Å². The third-order valence-corrected chi connectivity index (χ3v) is 2.33. The van der Waals surface area contributed by atoms with Gasteiger partial charge in [-0.1, -0.05) is 0 Å². The smallest absolute Gasteiger partial charge is 0.339 e. The van der Waals surface area contributed by atoms with Gasteiger partial charge in [-0.25, -0.2) is 4.79 Å². The van der Waals surface area contributed by atoms with E-state index in [1.54, 1.807) is 13.8 Å². The van der Waals surface area contributed by atoms with Gasteiger partial charge in [-0.3, -0.25) is 0 Å². The van der Waals surface area contributed by atoms with Crippen LogP contribution in [-0.2, 0) is 14.3 Å². The van der Waals surface area contributed by atoms with Crippen molar-refractivity contribution in [1.29, 1.82) is 0 Å². The molecular weight excluding hydrogens is 194 g/mol. The molecule has 3 nitrogen and oxygen atoms in total. The summed E-state index contributed by atoms with van der Waals surface area (Å²) in [7, 11) is 0. The van der Waals surface area contributed by atoms with E-state index in [1.165, 1.54) is 0 Å². The zero-order valence-electron chi connectivity index (χ0n) is 8.27. The second kappa shape index (κ2) is 3.65. The number of epoxide rings is 1. The third kappa shape index (κ3) is 2.29. The largest absolute Gasteiger partial charge is 0.456 e. The minimum absolute atomic E-state index is 0.488. The summed E-state index contributed by atoms with van der Waals surface area (Å²) in [5.41, 5.74) is -1.15. The van der Waals surface area contributed by atoms with Gasteiger partial charge >= 0.3 is 5.97 Å². The number of rotatable bonds is 3. The summed E-state index contributed by atoms with van der Waals surface area (Å²) in [5.74, 6) is -0.991. The summed E-state index contributed by atoms with van der Waals surface area (Å²) in [4.78, 5) is 11.1. The first-order chi connectivity index (χ1) is 6.37. The Hall–Kier alpha value is -0.970. The number of carbonyl (C=O) groups excluding carboxylic acids is 1. The maximum atomic E-state index is 12.0. The lowest BCUT2D eigenvalue weighted by Crippen LogP contribution is -2.29. The van der Waals surface area contributed by atoms with E-state index in [1.807, 2.05) is 0 Å². The quantitative estimate of drug-likeness (QED) is 0.402. The second-order valence-corrected chi connectivity index (χ2v) is 3.53.